The fourth-order valence-corrected chi connectivity index (χ4v) is 4.17. The Morgan fingerprint density at radius 2 is 1.77 bits per heavy atom. The predicted molar refractivity (Wildman–Crippen MR) is 109 cm³/mol. The molecular formula is C23H25ClN2. The lowest BCUT2D eigenvalue weighted by Crippen LogP contribution is -2.29. The van der Waals surface area contributed by atoms with Gasteiger partial charge in [-0.25, -0.2) is 0 Å². The van der Waals surface area contributed by atoms with Gasteiger partial charge in [-0.05, 0) is 47.7 Å². The quantitative estimate of drug-likeness (QED) is 0.576. The van der Waals surface area contributed by atoms with Gasteiger partial charge in [0.15, 0.2) is 0 Å². The SMILES string of the molecule is CCc1ccc([C@@H]2c3cccn3CCCN2Cc2ccccc2Cl)cc1. The molecule has 0 N–H and O–H groups in total. The normalized spacial score (nSPS) is 17.7. The Bertz CT molecular complexity index is 866. The second kappa shape index (κ2) is 7.69. The molecule has 0 bridgehead atoms. The van der Waals surface area contributed by atoms with Gasteiger partial charge in [-0.15, -0.1) is 0 Å². The van der Waals surface area contributed by atoms with Crippen molar-refractivity contribution in [1.29, 1.82) is 0 Å². The van der Waals surface area contributed by atoms with Gasteiger partial charge >= 0.3 is 0 Å². The molecule has 0 saturated heterocycles. The van der Waals surface area contributed by atoms with E-state index in [1.54, 1.807) is 0 Å². The fourth-order valence-electron chi connectivity index (χ4n) is 3.97. The van der Waals surface area contributed by atoms with Crippen LogP contribution < -0.4 is 0 Å². The topological polar surface area (TPSA) is 8.17 Å². The third kappa shape index (κ3) is 3.44. The Morgan fingerprint density at radius 1 is 0.962 bits per heavy atom. The number of aryl methyl sites for hydroxylation is 2. The smallest absolute Gasteiger partial charge is 0.0759 e. The zero-order valence-corrected chi connectivity index (χ0v) is 16.0. The van der Waals surface area contributed by atoms with Crippen LogP contribution in [0.15, 0.2) is 66.9 Å². The monoisotopic (exact) mass is 364 g/mol. The van der Waals surface area contributed by atoms with E-state index in [-0.39, 0.29) is 6.04 Å². The molecule has 2 aromatic carbocycles. The van der Waals surface area contributed by atoms with Gasteiger partial charge in [0.25, 0.3) is 0 Å². The van der Waals surface area contributed by atoms with Gasteiger partial charge in [-0.3, -0.25) is 4.90 Å². The molecule has 0 spiro atoms. The summed E-state index contributed by atoms with van der Waals surface area (Å²) >= 11 is 6.46. The van der Waals surface area contributed by atoms with Crippen molar-refractivity contribution in [2.24, 2.45) is 0 Å². The lowest BCUT2D eigenvalue weighted by atomic mass is 9.99. The van der Waals surface area contributed by atoms with Gasteiger partial charge in [0, 0.05) is 36.5 Å². The van der Waals surface area contributed by atoms with E-state index in [9.17, 15) is 0 Å². The van der Waals surface area contributed by atoms with Gasteiger partial charge in [-0.2, -0.15) is 0 Å². The van der Waals surface area contributed by atoms with Crippen molar-refractivity contribution in [2.75, 3.05) is 6.54 Å². The van der Waals surface area contributed by atoms with Crippen LogP contribution in [0.4, 0.5) is 0 Å². The second-order valence-electron chi connectivity index (χ2n) is 7.04. The van der Waals surface area contributed by atoms with Crippen molar-refractivity contribution in [3.63, 3.8) is 0 Å². The highest BCUT2D eigenvalue weighted by atomic mass is 35.5. The Hall–Kier alpha value is -2.03. The average molecular weight is 365 g/mol. The molecule has 4 rings (SSSR count). The maximum atomic E-state index is 6.46. The van der Waals surface area contributed by atoms with Crippen LogP contribution in [0, 0.1) is 0 Å². The molecule has 0 saturated carbocycles. The van der Waals surface area contributed by atoms with Crippen LogP contribution in [-0.2, 0) is 19.5 Å². The van der Waals surface area contributed by atoms with E-state index in [4.69, 9.17) is 11.6 Å². The Balaban J connectivity index is 1.74. The van der Waals surface area contributed by atoms with E-state index < -0.39 is 0 Å². The number of hydrogen-bond acceptors (Lipinski definition) is 1. The number of benzene rings is 2. The number of halogens is 1. The first kappa shape index (κ1) is 17.4. The number of hydrogen-bond donors (Lipinski definition) is 0. The van der Waals surface area contributed by atoms with Crippen molar-refractivity contribution in [3.8, 4) is 0 Å². The summed E-state index contributed by atoms with van der Waals surface area (Å²) in [6, 6.07) is 22.0. The van der Waals surface area contributed by atoms with E-state index in [0.717, 1.165) is 37.5 Å². The van der Waals surface area contributed by atoms with E-state index in [0.29, 0.717) is 0 Å². The molecule has 2 heterocycles. The van der Waals surface area contributed by atoms with Crippen LogP contribution in [0.5, 0.6) is 0 Å². The number of rotatable bonds is 4. The molecular weight excluding hydrogens is 340 g/mol. The predicted octanol–water partition coefficient (Wildman–Crippen LogP) is 5.70. The molecule has 1 atom stereocenters. The molecule has 1 aliphatic heterocycles. The van der Waals surface area contributed by atoms with Crippen molar-refractivity contribution in [2.45, 2.75) is 38.9 Å². The summed E-state index contributed by atoms with van der Waals surface area (Å²) in [6.07, 6.45) is 4.43. The molecule has 0 aliphatic carbocycles. The Kier molecular flexibility index (Phi) is 5.14. The van der Waals surface area contributed by atoms with Crippen molar-refractivity contribution < 1.29 is 0 Å². The first-order valence-corrected chi connectivity index (χ1v) is 9.85. The van der Waals surface area contributed by atoms with E-state index in [1.807, 2.05) is 12.1 Å². The molecule has 1 aromatic heterocycles. The Labute approximate surface area is 161 Å². The minimum absolute atomic E-state index is 0.259. The number of nitrogens with zero attached hydrogens (tertiary/aromatic N) is 2. The highest BCUT2D eigenvalue weighted by molar-refractivity contribution is 6.31. The molecule has 0 radical (unpaired) electrons. The summed E-state index contributed by atoms with van der Waals surface area (Å²) in [7, 11) is 0. The largest absolute Gasteiger partial charge is 0.350 e. The highest BCUT2D eigenvalue weighted by Crippen LogP contribution is 2.34. The molecule has 1 aliphatic rings. The molecule has 2 nitrogen and oxygen atoms in total. The maximum absolute atomic E-state index is 6.46. The van der Waals surface area contributed by atoms with Crippen molar-refractivity contribution >= 4 is 11.6 Å². The van der Waals surface area contributed by atoms with Crippen LogP contribution in [0.2, 0.25) is 5.02 Å². The van der Waals surface area contributed by atoms with E-state index in [1.165, 1.54) is 22.4 Å². The molecule has 3 aromatic rings. The molecule has 0 fully saturated rings. The molecule has 0 unspecified atom stereocenters. The summed E-state index contributed by atoms with van der Waals surface area (Å²) in [4.78, 5) is 2.57. The lowest BCUT2D eigenvalue weighted by molar-refractivity contribution is 0.220. The number of aromatic nitrogens is 1. The van der Waals surface area contributed by atoms with Gasteiger partial charge < -0.3 is 4.57 Å². The van der Waals surface area contributed by atoms with Gasteiger partial charge in [-0.1, -0.05) is 61.0 Å². The van der Waals surface area contributed by atoms with Crippen LogP contribution in [0.25, 0.3) is 0 Å². The van der Waals surface area contributed by atoms with Gasteiger partial charge in [0.1, 0.15) is 0 Å². The summed E-state index contributed by atoms with van der Waals surface area (Å²) in [6.45, 7) is 5.21. The average Bonchev–Trinajstić information content (AvgIpc) is 3.05. The fraction of sp³-hybridized carbons (Fsp3) is 0.304. The van der Waals surface area contributed by atoms with Crippen LogP contribution in [0.3, 0.4) is 0 Å². The molecule has 134 valence electrons. The third-order valence-electron chi connectivity index (χ3n) is 5.39. The second-order valence-corrected chi connectivity index (χ2v) is 7.45. The van der Waals surface area contributed by atoms with Gasteiger partial charge in [0.05, 0.1) is 6.04 Å². The van der Waals surface area contributed by atoms with E-state index >= 15 is 0 Å². The Morgan fingerprint density at radius 3 is 2.54 bits per heavy atom. The summed E-state index contributed by atoms with van der Waals surface area (Å²) in [5.41, 5.74) is 5.31. The van der Waals surface area contributed by atoms with E-state index in [2.05, 4.69) is 71.1 Å². The first-order chi connectivity index (χ1) is 12.8. The minimum Gasteiger partial charge on any atom is -0.350 e. The maximum Gasteiger partial charge on any atom is 0.0759 e. The minimum atomic E-state index is 0.259. The summed E-state index contributed by atoms with van der Waals surface area (Å²) in [5.74, 6) is 0. The third-order valence-corrected chi connectivity index (χ3v) is 5.76. The first-order valence-electron chi connectivity index (χ1n) is 9.47. The zero-order chi connectivity index (χ0) is 17.9. The van der Waals surface area contributed by atoms with Gasteiger partial charge in [0.2, 0.25) is 0 Å². The molecule has 3 heteroatoms. The standard InChI is InChI=1S/C23H25ClN2/c1-2-18-10-12-19(13-11-18)23-22-9-5-14-25(22)15-6-16-26(23)17-20-7-3-4-8-21(20)24/h3-5,7-14,23H,2,6,15-17H2,1H3/t23-/m1/s1. The van der Waals surface area contributed by atoms with Crippen LogP contribution >= 0.6 is 11.6 Å². The zero-order valence-electron chi connectivity index (χ0n) is 15.2. The summed E-state index contributed by atoms with van der Waals surface area (Å²) < 4.78 is 2.41. The molecule has 26 heavy (non-hydrogen) atoms. The lowest BCUT2D eigenvalue weighted by Gasteiger charge is -2.31. The summed E-state index contributed by atoms with van der Waals surface area (Å²) in [5, 5.41) is 0.854. The van der Waals surface area contributed by atoms with Crippen molar-refractivity contribution in [3.05, 3.63) is 94.3 Å². The van der Waals surface area contributed by atoms with Crippen molar-refractivity contribution in [1.82, 2.24) is 9.47 Å². The number of fused-ring (bicyclic) bond motifs is 1. The van der Waals surface area contributed by atoms with Crippen LogP contribution in [0.1, 0.15) is 41.8 Å². The van der Waals surface area contributed by atoms with Crippen LogP contribution in [-0.4, -0.2) is 16.0 Å². The molecule has 0 amide bonds. The highest BCUT2D eigenvalue weighted by Gasteiger charge is 2.27.